The molecule has 0 aliphatic carbocycles. The number of alkyl halides is 3. The molecule has 1 aromatic heterocycles. The highest BCUT2D eigenvalue weighted by Gasteiger charge is 2.30. The third-order valence-electron chi connectivity index (χ3n) is 1.93. The fourth-order valence-corrected chi connectivity index (χ4v) is 1.44. The molecule has 17 heavy (non-hydrogen) atoms. The molecule has 0 aliphatic rings. The molecule has 0 bridgehead atoms. The Morgan fingerprint density at radius 2 is 2.24 bits per heavy atom. The monoisotopic (exact) mass is 266 g/mol. The Hall–Kier alpha value is -1.30. The molecular weight excluding hydrogens is 257 g/mol. The van der Waals surface area contributed by atoms with Crippen LogP contribution in [0.3, 0.4) is 0 Å². The third-order valence-corrected chi connectivity index (χ3v) is 2.26. The van der Waals surface area contributed by atoms with Crippen LogP contribution in [-0.2, 0) is 0 Å². The zero-order valence-electron chi connectivity index (χ0n) is 8.88. The van der Waals surface area contributed by atoms with Gasteiger partial charge in [0.05, 0.1) is 17.0 Å². The third kappa shape index (κ3) is 4.60. The van der Waals surface area contributed by atoms with Crippen molar-refractivity contribution < 1.29 is 18.0 Å². The molecule has 1 atom stereocenters. The minimum absolute atomic E-state index is 0.0585. The lowest BCUT2D eigenvalue weighted by Crippen LogP contribution is -2.36. The number of hydrogen-bond acceptors (Lipinski definition) is 2. The highest BCUT2D eigenvalue weighted by Crippen LogP contribution is 2.21. The van der Waals surface area contributed by atoms with Crippen LogP contribution in [0.2, 0.25) is 5.02 Å². The van der Waals surface area contributed by atoms with Crippen molar-refractivity contribution in [3.63, 3.8) is 0 Å². The smallest absolute Gasteiger partial charge is 0.349 e. The van der Waals surface area contributed by atoms with Gasteiger partial charge >= 0.3 is 6.18 Å². The molecule has 1 aromatic rings. The van der Waals surface area contributed by atoms with Crippen molar-refractivity contribution >= 4 is 17.5 Å². The largest absolute Gasteiger partial charge is 0.391 e. The molecule has 1 unspecified atom stereocenters. The summed E-state index contributed by atoms with van der Waals surface area (Å²) in [4.78, 5) is 15.2. The van der Waals surface area contributed by atoms with Gasteiger partial charge < -0.3 is 5.32 Å². The summed E-state index contributed by atoms with van der Waals surface area (Å²) in [5.74, 6) is -0.667. The summed E-state index contributed by atoms with van der Waals surface area (Å²) >= 11 is 5.71. The number of nitrogens with zero attached hydrogens (tertiary/aromatic N) is 1. The quantitative estimate of drug-likeness (QED) is 0.914. The summed E-state index contributed by atoms with van der Waals surface area (Å²) in [5, 5.41) is 2.36. The summed E-state index contributed by atoms with van der Waals surface area (Å²) in [7, 11) is 0. The van der Waals surface area contributed by atoms with E-state index in [1.807, 2.05) is 0 Å². The summed E-state index contributed by atoms with van der Waals surface area (Å²) in [6, 6.07) is 0.379. The van der Waals surface area contributed by atoms with E-state index in [1.54, 1.807) is 0 Å². The number of carbonyl (C=O) groups excluding carboxylic acids is 1. The minimum Gasteiger partial charge on any atom is -0.349 e. The second-order valence-electron chi connectivity index (χ2n) is 3.55. The molecule has 94 valence electrons. The predicted molar refractivity (Wildman–Crippen MR) is 56.8 cm³/mol. The summed E-state index contributed by atoms with van der Waals surface area (Å²) in [5.41, 5.74) is 0.0585. The lowest BCUT2D eigenvalue weighted by atomic mass is 10.2. The van der Waals surface area contributed by atoms with Crippen molar-refractivity contribution in [2.45, 2.75) is 25.6 Å². The molecule has 7 heteroatoms. The predicted octanol–water partition coefficient (Wildman–Crippen LogP) is 2.81. The van der Waals surface area contributed by atoms with E-state index in [0.29, 0.717) is 0 Å². The molecule has 0 saturated heterocycles. The van der Waals surface area contributed by atoms with Crippen LogP contribution in [0.1, 0.15) is 23.7 Å². The van der Waals surface area contributed by atoms with Gasteiger partial charge in [-0.3, -0.25) is 9.78 Å². The fourth-order valence-electron chi connectivity index (χ4n) is 1.24. The highest BCUT2D eigenvalue weighted by atomic mass is 35.5. The number of nitrogens with one attached hydrogen (secondary N) is 1. The first-order chi connectivity index (χ1) is 7.79. The number of aromatic nitrogens is 1. The molecule has 1 rings (SSSR count). The summed E-state index contributed by atoms with van der Waals surface area (Å²) in [6.45, 7) is 1.27. The Morgan fingerprint density at radius 3 is 2.76 bits per heavy atom. The average Bonchev–Trinajstić information content (AvgIpc) is 2.14. The Morgan fingerprint density at radius 1 is 1.59 bits per heavy atom. The molecule has 0 fully saturated rings. The van der Waals surface area contributed by atoms with Crippen LogP contribution in [0.4, 0.5) is 13.2 Å². The van der Waals surface area contributed by atoms with E-state index in [-0.39, 0.29) is 10.6 Å². The van der Waals surface area contributed by atoms with E-state index in [0.717, 1.165) is 0 Å². The van der Waals surface area contributed by atoms with Crippen LogP contribution in [-0.4, -0.2) is 23.1 Å². The standard InChI is InChI=1S/C10H10ClF3N2O/c1-6(4-10(12,13)14)16-9(17)7-5-15-3-2-8(7)11/h2-3,5-6H,4H2,1H3,(H,16,17). The van der Waals surface area contributed by atoms with Crippen molar-refractivity contribution in [3.8, 4) is 0 Å². The van der Waals surface area contributed by atoms with E-state index in [4.69, 9.17) is 11.6 Å². The maximum Gasteiger partial charge on any atom is 0.391 e. The Bertz CT molecular complexity index is 409. The second-order valence-corrected chi connectivity index (χ2v) is 3.96. The van der Waals surface area contributed by atoms with E-state index < -0.39 is 24.5 Å². The lowest BCUT2D eigenvalue weighted by molar-refractivity contribution is -0.138. The topological polar surface area (TPSA) is 42.0 Å². The Labute approximate surface area is 101 Å². The van der Waals surface area contributed by atoms with E-state index in [2.05, 4.69) is 10.3 Å². The fraction of sp³-hybridized carbons (Fsp3) is 0.400. The van der Waals surface area contributed by atoms with Gasteiger partial charge in [-0.25, -0.2) is 0 Å². The first-order valence-corrected chi connectivity index (χ1v) is 5.14. The van der Waals surface area contributed by atoms with E-state index in [1.165, 1.54) is 25.4 Å². The molecule has 1 N–H and O–H groups in total. The molecule has 0 spiro atoms. The highest BCUT2D eigenvalue weighted by molar-refractivity contribution is 6.33. The van der Waals surface area contributed by atoms with Crippen LogP contribution < -0.4 is 5.32 Å². The zero-order chi connectivity index (χ0) is 13.1. The first-order valence-electron chi connectivity index (χ1n) is 4.76. The van der Waals surface area contributed by atoms with Crippen molar-refractivity contribution in [2.24, 2.45) is 0 Å². The van der Waals surface area contributed by atoms with Crippen molar-refractivity contribution in [1.29, 1.82) is 0 Å². The number of carbonyl (C=O) groups is 1. The second kappa shape index (κ2) is 5.35. The zero-order valence-corrected chi connectivity index (χ0v) is 9.64. The molecule has 3 nitrogen and oxygen atoms in total. The molecule has 0 aliphatic heterocycles. The maximum absolute atomic E-state index is 12.0. The van der Waals surface area contributed by atoms with Gasteiger partial charge in [-0.05, 0) is 13.0 Å². The average molecular weight is 267 g/mol. The minimum atomic E-state index is -4.31. The van der Waals surface area contributed by atoms with Gasteiger partial charge in [0.15, 0.2) is 0 Å². The summed E-state index contributed by atoms with van der Waals surface area (Å²) < 4.78 is 36.1. The summed E-state index contributed by atoms with van der Waals surface area (Å²) in [6.07, 6.45) is -2.81. The normalized spacial score (nSPS) is 13.2. The number of pyridine rings is 1. The molecular formula is C10H10ClF3N2O. The van der Waals surface area contributed by atoms with Gasteiger partial charge in [0.2, 0.25) is 0 Å². The van der Waals surface area contributed by atoms with Gasteiger partial charge in [0, 0.05) is 18.4 Å². The van der Waals surface area contributed by atoms with Gasteiger partial charge in [0.25, 0.3) is 5.91 Å². The van der Waals surface area contributed by atoms with Gasteiger partial charge in [-0.1, -0.05) is 11.6 Å². The van der Waals surface area contributed by atoms with Gasteiger partial charge in [-0.15, -0.1) is 0 Å². The van der Waals surface area contributed by atoms with Crippen LogP contribution in [0.5, 0.6) is 0 Å². The van der Waals surface area contributed by atoms with E-state index in [9.17, 15) is 18.0 Å². The van der Waals surface area contributed by atoms with Crippen molar-refractivity contribution in [3.05, 3.63) is 29.0 Å². The SMILES string of the molecule is CC(CC(F)(F)F)NC(=O)c1cnccc1Cl. The van der Waals surface area contributed by atoms with Crippen LogP contribution in [0, 0.1) is 0 Å². The number of halogens is 4. The van der Waals surface area contributed by atoms with Crippen LogP contribution >= 0.6 is 11.6 Å². The first kappa shape index (κ1) is 13.8. The maximum atomic E-state index is 12.0. The molecule has 1 heterocycles. The van der Waals surface area contributed by atoms with Gasteiger partial charge in [0.1, 0.15) is 0 Å². The molecule has 1 amide bonds. The van der Waals surface area contributed by atoms with Crippen LogP contribution in [0.15, 0.2) is 18.5 Å². The molecule has 0 aromatic carbocycles. The van der Waals surface area contributed by atoms with Crippen molar-refractivity contribution in [1.82, 2.24) is 10.3 Å². The molecule has 0 radical (unpaired) electrons. The Balaban J connectivity index is 2.64. The number of rotatable bonds is 3. The Kier molecular flexibility index (Phi) is 4.34. The number of hydrogen-bond donors (Lipinski definition) is 1. The van der Waals surface area contributed by atoms with E-state index >= 15 is 0 Å². The number of amides is 1. The lowest BCUT2D eigenvalue weighted by Gasteiger charge is -2.15. The van der Waals surface area contributed by atoms with Gasteiger partial charge in [-0.2, -0.15) is 13.2 Å². The van der Waals surface area contributed by atoms with Crippen LogP contribution in [0.25, 0.3) is 0 Å². The van der Waals surface area contributed by atoms with Crippen molar-refractivity contribution in [2.75, 3.05) is 0 Å². The molecule has 0 saturated carbocycles.